The number of hydrogen-bond donors (Lipinski definition) is 0. The second-order valence-electron chi connectivity index (χ2n) is 9.34. The number of carbonyl (C=O) groups excluding carboxylic acids is 2. The van der Waals surface area contributed by atoms with E-state index in [1.54, 1.807) is 0 Å². The van der Waals surface area contributed by atoms with Crippen molar-refractivity contribution < 1.29 is 14.3 Å². The number of hydrogen-bond acceptors (Lipinski definition) is 3. The fourth-order valence-electron chi connectivity index (χ4n) is 5.53. The van der Waals surface area contributed by atoms with Gasteiger partial charge in [-0.3, -0.25) is 4.79 Å². The van der Waals surface area contributed by atoms with Crippen LogP contribution in [0.2, 0.25) is 0 Å². The summed E-state index contributed by atoms with van der Waals surface area (Å²) >= 11 is 0. The predicted octanol–water partition coefficient (Wildman–Crippen LogP) is 3.71. The average molecular weight is 360 g/mol. The third kappa shape index (κ3) is 3.40. The summed E-state index contributed by atoms with van der Waals surface area (Å²) in [6.45, 7) is 14.2. The van der Waals surface area contributed by atoms with E-state index >= 15 is 0 Å². The summed E-state index contributed by atoms with van der Waals surface area (Å²) in [5.41, 5.74) is 2.95. The van der Waals surface area contributed by atoms with Gasteiger partial charge >= 0.3 is 5.97 Å². The van der Waals surface area contributed by atoms with Crippen LogP contribution in [0.25, 0.3) is 0 Å². The zero-order chi connectivity index (χ0) is 19.3. The van der Waals surface area contributed by atoms with Crippen LogP contribution < -0.4 is 0 Å². The molecule has 1 aromatic heterocycles. The highest BCUT2D eigenvalue weighted by Crippen LogP contribution is 2.52. The molecule has 2 bridgehead atoms. The van der Waals surface area contributed by atoms with Gasteiger partial charge in [-0.25, -0.2) is 4.79 Å². The molecule has 1 aromatic rings. The van der Waals surface area contributed by atoms with E-state index in [2.05, 4.69) is 25.3 Å². The molecule has 2 fully saturated rings. The van der Waals surface area contributed by atoms with Crippen LogP contribution in [0, 0.1) is 24.7 Å². The number of fused-ring (bicyclic) bond motifs is 2. The first kappa shape index (κ1) is 19.0. The highest BCUT2D eigenvalue weighted by molar-refractivity contribution is 5.92. The third-order valence-electron chi connectivity index (χ3n) is 6.17. The number of likely N-dealkylation sites (tertiary alicyclic amines) is 1. The lowest BCUT2D eigenvalue weighted by molar-refractivity contribution is -0.135. The van der Waals surface area contributed by atoms with Gasteiger partial charge in [0.25, 0.3) is 5.91 Å². The van der Waals surface area contributed by atoms with Gasteiger partial charge < -0.3 is 14.2 Å². The Morgan fingerprint density at radius 3 is 2.54 bits per heavy atom. The Bertz CT molecular complexity index is 734. The number of rotatable bonds is 4. The minimum absolute atomic E-state index is 0.0610. The molecule has 0 aromatic carbocycles. The van der Waals surface area contributed by atoms with Gasteiger partial charge in [0, 0.05) is 30.5 Å². The summed E-state index contributed by atoms with van der Waals surface area (Å²) in [5, 5.41) is 0. The van der Waals surface area contributed by atoms with Crippen LogP contribution in [0.3, 0.4) is 0 Å². The van der Waals surface area contributed by atoms with Crippen LogP contribution in [-0.4, -0.2) is 40.5 Å². The molecule has 1 amide bonds. The van der Waals surface area contributed by atoms with Crippen molar-refractivity contribution in [2.45, 2.75) is 73.4 Å². The summed E-state index contributed by atoms with van der Waals surface area (Å²) in [6.07, 6.45) is 3.23. The van der Waals surface area contributed by atoms with E-state index in [1.165, 1.54) is 0 Å². The van der Waals surface area contributed by atoms with Gasteiger partial charge in [0.15, 0.2) is 6.61 Å². The zero-order valence-corrected chi connectivity index (χ0v) is 17.0. The number of esters is 1. The number of ether oxygens (including phenoxy) is 1. The largest absolute Gasteiger partial charge is 0.452 e. The molecule has 1 saturated carbocycles. The second-order valence-corrected chi connectivity index (χ2v) is 9.34. The molecule has 1 aliphatic carbocycles. The van der Waals surface area contributed by atoms with Gasteiger partial charge in [0.2, 0.25) is 0 Å². The molecule has 0 spiro atoms. The van der Waals surface area contributed by atoms with Crippen molar-refractivity contribution in [1.29, 1.82) is 0 Å². The molecule has 5 heteroatoms. The number of carbonyl (C=O) groups is 2. The Kier molecular flexibility index (Phi) is 4.70. The van der Waals surface area contributed by atoms with E-state index in [-0.39, 0.29) is 29.4 Å². The van der Waals surface area contributed by atoms with Crippen molar-refractivity contribution in [1.82, 2.24) is 9.47 Å². The van der Waals surface area contributed by atoms with Gasteiger partial charge in [0.05, 0.1) is 5.56 Å². The second kappa shape index (κ2) is 6.43. The lowest BCUT2D eigenvalue weighted by Crippen LogP contribution is -2.39. The number of aromatic nitrogens is 1. The molecule has 2 aliphatic rings. The van der Waals surface area contributed by atoms with Crippen molar-refractivity contribution in [3.63, 3.8) is 0 Å². The van der Waals surface area contributed by atoms with Crippen molar-refractivity contribution in [3.05, 3.63) is 23.0 Å². The Labute approximate surface area is 156 Å². The molecule has 0 radical (unpaired) electrons. The molecular weight excluding hydrogens is 328 g/mol. The van der Waals surface area contributed by atoms with E-state index in [0.29, 0.717) is 5.56 Å². The fraction of sp³-hybridized carbons (Fsp3) is 0.714. The van der Waals surface area contributed by atoms with Crippen molar-refractivity contribution in [2.24, 2.45) is 10.8 Å². The maximum absolute atomic E-state index is 12.7. The lowest BCUT2D eigenvalue weighted by Gasteiger charge is -2.39. The monoisotopic (exact) mass is 360 g/mol. The lowest BCUT2D eigenvalue weighted by atomic mass is 9.65. The molecule has 26 heavy (non-hydrogen) atoms. The Hall–Kier alpha value is -1.78. The van der Waals surface area contributed by atoms with Crippen LogP contribution in [0.15, 0.2) is 6.07 Å². The highest BCUT2D eigenvalue weighted by atomic mass is 16.5. The molecule has 1 aliphatic heterocycles. The average Bonchev–Trinajstić information content (AvgIpc) is 2.96. The smallest absolute Gasteiger partial charge is 0.340 e. The molecular formula is C21H32N2O3. The first-order valence-electron chi connectivity index (χ1n) is 9.68. The Morgan fingerprint density at radius 1 is 1.23 bits per heavy atom. The molecule has 0 unspecified atom stereocenters. The molecule has 3 rings (SSSR count). The Morgan fingerprint density at radius 2 is 1.92 bits per heavy atom. The van der Waals surface area contributed by atoms with Crippen molar-refractivity contribution in [3.8, 4) is 0 Å². The van der Waals surface area contributed by atoms with Crippen LogP contribution in [0.4, 0.5) is 0 Å². The molecule has 144 valence electrons. The molecule has 0 N–H and O–H groups in total. The summed E-state index contributed by atoms with van der Waals surface area (Å²) in [6, 6.07) is 2.12. The maximum atomic E-state index is 12.7. The van der Waals surface area contributed by atoms with Gasteiger partial charge in [-0.1, -0.05) is 20.8 Å². The molecule has 2 heterocycles. The first-order chi connectivity index (χ1) is 12.1. The Balaban J connectivity index is 1.64. The van der Waals surface area contributed by atoms with Crippen LogP contribution in [0.1, 0.15) is 68.7 Å². The molecule has 1 saturated heterocycles. The third-order valence-corrected chi connectivity index (χ3v) is 6.17. The predicted molar refractivity (Wildman–Crippen MR) is 101 cm³/mol. The number of aryl methyl sites for hydroxylation is 1. The van der Waals surface area contributed by atoms with Gasteiger partial charge in [-0.05, 0) is 56.9 Å². The molecule has 5 nitrogen and oxygen atoms in total. The molecule has 2 atom stereocenters. The van der Waals surface area contributed by atoms with Crippen LogP contribution >= 0.6 is 0 Å². The summed E-state index contributed by atoms with van der Waals surface area (Å²) in [4.78, 5) is 27.1. The van der Waals surface area contributed by atoms with E-state index < -0.39 is 5.97 Å². The van der Waals surface area contributed by atoms with Crippen molar-refractivity contribution in [2.75, 3.05) is 13.2 Å². The van der Waals surface area contributed by atoms with E-state index in [9.17, 15) is 9.59 Å². The van der Waals surface area contributed by atoms with Crippen LogP contribution in [-0.2, 0) is 16.1 Å². The van der Waals surface area contributed by atoms with E-state index in [0.717, 1.165) is 43.7 Å². The standard InChI is InChI=1S/C21H32N2O3/c1-7-22-14(2)8-17(15(22)3)19(25)26-11-18(24)23-13-21(6)10-16(23)9-20(4,5)12-21/h8,16H,7,9-13H2,1-6H3/t16-,21+/m1/s1. The summed E-state index contributed by atoms with van der Waals surface area (Å²) in [7, 11) is 0. The number of amides is 1. The summed E-state index contributed by atoms with van der Waals surface area (Å²) < 4.78 is 7.46. The number of nitrogens with zero attached hydrogens (tertiary/aromatic N) is 2. The first-order valence-corrected chi connectivity index (χ1v) is 9.68. The summed E-state index contributed by atoms with van der Waals surface area (Å²) in [5.74, 6) is -0.464. The maximum Gasteiger partial charge on any atom is 0.340 e. The SMILES string of the molecule is CCn1c(C)cc(C(=O)OCC(=O)N2C[C@@]3(C)C[C@H]2CC(C)(C)C3)c1C. The van der Waals surface area contributed by atoms with E-state index in [1.807, 2.05) is 31.7 Å². The van der Waals surface area contributed by atoms with Gasteiger partial charge in [0.1, 0.15) is 0 Å². The van der Waals surface area contributed by atoms with Gasteiger partial charge in [-0.2, -0.15) is 0 Å². The van der Waals surface area contributed by atoms with Crippen LogP contribution in [0.5, 0.6) is 0 Å². The van der Waals surface area contributed by atoms with Gasteiger partial charge in [-0.15, -0.1) is 0 Å². The topological polar surface area (TPSA) is 51.5 Å². The van der Waals surface area contributed by atoms with Crippen molar-refractivity contribution >= 4 is 11.9 Å². The quantitative estimate of drug-likeness (QED) is 0.769. The zero-order valence-electron chi connectivity index (χ0n) is 17.0. The fourth-order valence-corrected chi connectivity index (χ4v) is 5.53. The minimum Gasteiger partial charge on any atom is -0.452 e. The normalized spacial score (nSPS) is 26.8. The van der Waals surface area contributed by atoms with E-state index in [4.69, 9.17) is 4.74 Å². The minimum atomic E-state index is -0.403. The highest BCUT2D eigenvalue weighted by Gasteiger charge is 2.50.